The maximum absolute atomic E-state index is 5.22. The first kappa shape index (κ1) is 12.4. The maximum atomic E-state index is 5.22. The standard InChI is InChI=1S/C13H19NO2/c1-5-10(2)9-14-11-6-7-12(15-3)13(8-11)16-4/h6-8,14H,2,5,9H2,1,3-4H3. The first-order chi connectivity index (χ1) is 7.71. The molecule has 0 unspecified atom stereocenters. The summed E-state index contributed by atoms with van der Waals surface area (Å²) in [6.45, 7) is 6.83. The van der Waals surface area contributed by atoms with E-state index in [1.165, 1.54) is 5.57 Å². The number of rotatable bonds is 6. The molecule has 1 rings (SSSR count). The number of hydrogen-bond donors (Lipinski definition) is 1. The van der Waals surface area contributed by atoms with Crippen LogP contribution in [-0.4, -0.2) is 20.8 Å². The van der Waals surface area contributed by atoms with Crippen molar-refractivity contribution in [3.63, 3.8) is 0 Å². The predicted octanol–water partition coefficient (Wildman–Crippen LogP) is 3.08. The SMILES string of the molecule is C=C(CC)CNc1ccc(OC)c(OC)c1. The van der Waals surface area contributed by atoms with E-state index >= 15 is 0 Å². The number of hydrogen-bond acceptors (Lipinski definition) is 3. The zero-order chi connectivity index (χ0) is 12.0. The lowest BCUT2D eigenvalue weighted by atomic mass is 10.2. The fourth-order valence-corrected chi connectivity index (χ4v) is 1.30. The van der Waals surface area contributed by atoms with Crippen molar-refractivity contribution < 1.29 is 9.47 Å². The fourth-order valence-electron chi connectivity index (χ4n) is 1.30. The van der Waals surface area contributed by atoms with E-state index < -0.39 is 0 Å². The van der Waals surface area contributed by atoms with Crippen LogP contribution in [0.25, 0.3) is 0 Å². The Bertz CT molecular complexity index is 361. The Morgan fingerprint density at radius 2 is 1.94 bits per heavy atom. The van der Waals surface area contributed by atoms with Crippen LogP contribution in [0.4, 0.5) is 5.69 Å². The van der Waals surface area contributed by atoms with Crippen LogP contribution in [0.15, 0.2) is 30.4 Å². The van der Waals surface area contributed by atoms with Gasteiger partial charge in [-0.3, -0.25) is 0 Å². The van der Waals surface area contributed by atoms with Gasteiger partial charge < -0.3 is 14.8 Å². The molecule has 0 aliphatic rings. The average molecular weight is 221 g/mol. The zero-order valence-electron chi connectivity index (χ0n) is 10.2. The Morgan fingerprint density at radius 3 is 2.50 bits per heavy atom. The van der Waals surface area contributed by atoms with Gasteiger partial charge in [0.25, 0.3) is 0 Å². The average Bonchev–Trinajstić information content (AvgIpc) is 2.35. The van der Waals surface area contributed by atoms with Crippen molar-refractivity contribution in [3.05, 3.63) is 30.4 Å². The summed E-state index contributed by atoms with van der Waals surface area (Å²) in [6, 6.07) is 5.77. The molecule has 1 aromatic rings. The van der Waals surface area contributed by atoms with Gasteiger partial charge in [-0.2, -0.15) is 0 Å². The van der Waals surface area contributed by atoms with E-state index in [9.17, 15) is 0 Å². The molecule has 0 heterocycles. The molecule has 3 nitrogen and oxygen atoms in total. The molecular formula is C13H19NO2. The third-order valence-electron chi connectivity index (χ3n) is 2.43. The quantitative estimate of drug-likeness (QED) is 0.749. The van der Waals surface area contributed by atoms with Gasteiger partial charge in [-0.15, -0.1) is 0 Å². The molecule has 0 aromatic heterocycles. The lowest BCUT2D eigenvalue weighted by molar-refractivity contribution is 0.355. The van der Waals surface area contributed by atoms with E-state index in [-0.39, 0.29) is 0 Å². The van der Waals surface area contributed by atoms with E-state index in [0.29, 0.717) is 0 Å². The van der Waals surface area contributed by atoms with Crippen LogP contribution in [0, 0.1) is 0 Å². The maximum Gasteiger partial charge on any atom is 0.162 e. The van der Waals surface area contributed by atoms with E-state index in [1.54, 1.807) is 14.2 Å². The Kier molecular flexibility index (Phi) is 4.70. The number of ether oxygens (including phenoxy) is 2. The van der Waals surface area contributed by atoms with Crippen LogP contribution in [0.5, 0.6) is 11.5 Å². The molecule has 0 bridgehead atoms. The molecule has 0 amide bonds. The van der Waals surface area contributed by atoms with Gasteiger partial charge in [0, 0.05) is 18.3 Å². The van der Waals surface area contributed by atoms with E-state index in [2.05, 4.69) is 18.8 Å². The molecule has 0 spiro atoms. The zero-order valence-corrected chi connectivity index (χ0v) is 10.2. The van der Waals surface area contributed by atoms with E-state index in [1.807, 2.05) is 18.2 Å². The van der Waals surface area contributed by atoms with Crippen LogP contribution >= 0.6 is 0 Å². The lowest BCUT2D eigenvalue weighted by Crippen LogP contribution is -2.03. The summed E-state index contributed by atoms with van der Waals surface area (Å²) in [4.78, 5) is 0. The smallest absolute Gasteiger partial charge is 0.162 e. The second kappa shape index (κ2) is 6.05. The van der Waals surface area contributed by atoms with Crippen molar-refractivity contribution in [2.75, 3.05) is 26.1 Å². The minimum atomic E-state index is 0.731. The topological polar surface area (TPSA) is 30.5 Å². The highest BCUT2D eigenvalue weighted by Crippen LogP contribution is 2.29. The Hall–Kier alpha value is -1.64. The van der Waals surface area contributed by atoms with Gasteiger partial charge in [0.05, 0.1) is 14.2 Å². The first-order valence-electron chi connectivity index (χ1n) is 5.33. The minimum Gasteiger partial charge on any atom is -0.493 e. The molecule has 1 N–H and O–H groups in total. The summed E-state index contributed by atoms with van der Waals surface area (Å²) in [5.41, 5.74) is 2.18. The van der Waals surface area contributed by atoms with E-state index in [0.717, 1.165) is 30.2 Å². The highest BCUT2D eigenvalue weighted by Gasteiger charge is 2.03. The van der Waals surface area contributed by atoms with E-state index in [4.69, 9.17) is 9.47 Å². The van der Waals surface area contributed by atoms with Crippen molar-refractivity contribution in [2.24, 2.45) is 0 Å². The molecule has 0 radical (unpaired) electrons. The minimum absolute atomic E-state index is 0.731. The van der Waals surface area contributed by atoms with Gasteiger partial charge >= 0.3 is 0 Å². The van der Waals surface area contributed by atoms with Crippen LogP contribution in [-0.2, 0) is 0 Å². The monoisotopic (exact) mass is 221 g/mol. The molecule has 16 heavy (non-hydrogen) atoms. The molecule has 88 valence electrons. The number of anilines is 1. The Morgan fingerprint density at radius 1 is 1.25 bits per heavy atom. The molecule has 1 aromatic carbocycles. The Labute approximate surface area is 97.1 Å². The molecule has 3 heteroatoms. The van der Waals surface area contributed by atoms with Crippen LogP contribution in [0.3, 0.4) is 0 Å². The summed E-state index contributed by atoms with van der Waals surface area (Å²) in [6.07, 6.45) is 0.986. The molecule has 0 aliphatic carbocycles. The van der Waals surface area contributed by atoms with Gasteiger partial charge in [-0.05, 0) is 18.6 Å². The summed E-state index contributed by atoms with van der Waals surface area (Å²) in [5, 5.41) is 3.29. The van der Waals surface area contributed by atoms with Crippen molar-refractivity contribution in [3.8, 4) is 11.5 Å². The van der Waals surface area contributed by atoms with Gasteiger partial charge in [0.1, 0.15) is 0 Å². The molecule has 0 saturated carbocycles. The third kappa shape index (κ3) is 3.19. The predicted molar refractivity (Wildman–Crippen MR) is 67.5 cm³/mol. The van der Waals surface area contributed by atoms with Gasteiger partial charge in [0.15, 0.2) is 11.5 Å². The first-order valence-corrected chi connectivity index (χ1v) is 5.33. The van der Waals surface area contributed by atoms with Crippen LogP contribution in [0.2, 0.25) is 0 Å². The highest BCUT2D eigenvalue weighted by molar-refractivity contribution is 5.55. The van der Waals surface area contributed by atoms with Crippen LogP contribution in [0.1, 0.15) is 13.3 Å². The van der Waals surface area contributed by atoms with Gasteiger partial charge in [-0.1, -0.05) is 19.1 Å². The fraction of sp³-hybridized carbons (Fsp3) is 0.385. The number of methoxy groups -OCH3 is 2. The third-order valence-corrected chi connectivity index (χ3v) is 2.43. The van der Waals surface area contributed by atoms with Crippen molar-refractivity contribution in [1.29, 1.82) is 0 Å². The molecule has 0 saturated heterocycles. The van der Waals surface area contributed by atoms with Crippen molar-refractivity contribution in [1.82, 2.24) is 0 Å². The van der Waals surface area contributed by atoms with Crippen molar-refractivity contribution >= 4 is 5.69 Å². The molecule has 0 atom stereocenters. The number of benzene rings is 1. The second-order valence-corrected chi connectivity index (χ2v) is 3.53. The van der Waals surface area contributed by atoms with Crippen molar-refractivity contribution in [2.45, 2.75) is 13.3 Å². The molecular weight excluding hydrogens is 202 g/mol. The van der Waals surface area contributed by atoms with Crippen LogP contribution < -0.4 is 14.8 Å². The Balaban J connectivity index is 2.71. The molecule has 0 fully saturated rings. The summed E-state index contributed by atoms with van der Waals surface area (Å²) >= 11 is 0. The highest BCUT2D eigenvalue weighted by atomic mass is 16.5. The molecule has 0 aliphatic heterocycles. The summed E-state index contributed by atoms with van der Waals surface area (Å²) < 4.78 is 10.4. The largest absolute Gasteiger partial charge is 0.493 e. The number of nitrogens with one attached hydrogen (secondary N) is 1. The van der Waals surface area contributed by atoms with Gasteiger partial charge in [-0.25, -0.2) is 0 Å². The summed E-state index contributed by atoms with van der Waals surface area (Å²) in [5.74, 6) is 1.47. The lowest BCUT2D eigenvalue weighted by Gasteiger charge is -2.11. The normalized spacial score (nSPS) is 9.69. The summed E-state index contributed by atoms with van der Waals surface area (Å²) in [7, 11) is 3.26. The van der Waals surface area contributed by atoms with Gasteiger partial charge in [0.2, 0.25) is 0 Å². The second-order valence-electron chi connectivity index (χ2n) is 3.53.